The molecule has 7 nitrogen and oxygen atoms in total. The van der Waals surface area contributed by atoms with E-state index < -0.39 is 5.60 Å². The van der Waals surface area contributed by atoms with Crippen molar-refractivity contribution in [3.05, 3.63) is 29.4 Å². The summed E-state index contributed by atoms with van der Waals surface area (Å²) >= 11 is 6.01. The van der Waals surface area contributed by atoms with E-state index in [1.165, 1.54) is 0 Å². The van der Waals surface area contributed by atoms with E-state index in [-0.39, 0.29) is 18.2 Å². The van der Waals surface area contributed by atoms with Crippen LogP contribution in [0.4, 0.5) is 10.6 Å². The van der Waals surface area contributed by atoms with Crippen molar-refractivity contribution in [2.75, 3.05) is 18.4 Å². The van der Waals surface area contributed by atoms with E-state index in [1.807, 2.05) is 6.07 Å². The van der Waals surface area contributed by atoms with Crippen LogP contribution >= 0.6 is 11.6 Å². The molecule has 4 saturated carbocycles. The average molecular weight is 443 g/mol. The number of halogens is 1. The molecule has 1 aliphatic heterocycles. The molecule has 1 aromatic carbocycles. The predicted octanol–water partition coefficient (Wildman–Crippen LogP) is 3.85. The van der Waals surface area contributed by atoms with Gasteiger partial charge in [-0.1, -0.05) is 11.6 Å². The van der Waals surface area contributed by atoms with Crippen LogP contribution in [0, 0.1) is 17.8 Å². The third-order valence-electron chi connectivity index (χ3n) is 7.69. The highest BCUT2D eigenvalue weighted by molar-refractivity contribution is 6.31. The lowest BCUT2D eigenvalue weighted by Gasteiger charge is -2.57. The number of aliphatic hydroxyl groups is 1. The first-order valence-corrected chi connectivity index (χ1v) is 11.7. The molecule has 7 rings (SSSR count). The first-order valence-electron chi connectivity index (χ1n) is 11.3. The van der Waals surface area contributed by atoms with Crippen molar-refractivity contribution >= 4 is 34.5 Å². The monoisotopic (exact) mass is 442 g/mol. The largest absolute Gasteiger partial charge is 0.446 e. The predicted molar refractivity (Wildman–Crippen MR) is 117 cm³/mol. The van der Waals surface area contributed by atoms with E-state index in [4.69, 9.17) is 16.3 Å². The van der Waals surface area contributed by atoms with Crippen molar-refractivity contribution in [1.82, 2.24) is 14.9 Å². The molecule has 31 heavy (non-hydrogen) atoms. The second kappa shape index (κ2) is 7.20. The molecule has 1 aromatic heterocycles. The Hall–Kier alpha value is -2.12. The second-order valence-corrected chi connectivity index (χ2v) is 10.4. The summed E-state index contributed by atoms with van der Waals surface area (Å²) in [5.74, 6) is 1.94. The molecule has 2 aromatic rings. The van der Waals surface area contributed by atoms with Gasteiger partial charge in [-0.15, -0.1) is 0 Å². The molecule has 1 amide bonds. The lowest BCUT2D eigenvalue weighted by Crippen LogP contribution is -2.58. The molecule has 5 fully saturated rings. The minimum absolute atomic E-state index is 0.0329. The third-order valence-corrected chi connectivity index (χ3v) is 7.93. The molecule has 5 aliphatic rings. The van der Waals surface area contributed by atoms with Gasteiger partial charge in [-0.3, -0.25) is 4.98 Å². The summed E-state index contributed by atoms with van der Waals surface area (Å²) in [4.78, 5) is 23.7. The Labute approximate surface area is 186 Å². The fraction of sp³-hybridized carbons (Fsp3) is 0.609. The lowest BCUT2D eigenvalue weighted by molar-refractivity contribution is -0.177. The molecule has 0 radical (unpaired) electrons. The summed E-state index contributed by atoms with van der Waals surface area (Å²) in [6.07, 6.45) is 6.99. The molecule has 1 saturated heterocycles. The van der Waals surface area contributed by atoms with E-state index in [2.05, 4.69) is 15.3 Å². The first kappa shape index (κ1) is 19.6. The van der Waals surface area contributed by atoms with E-state index in [9.17, 15) is 9.90 Å². The summed E-state index contributed by atoms with van der Waals surface area (Å²) in [6.45, 7) is 1.26. The number of anilines is 1. The normalized spacial score (nSPS) is 36.2. The van der Waals surface area contributed by atoms with Crippen molar-refractivity contribution in [2.24, 2.45) is 17.8 Å². The van der Waals surface area contributed by atoms with Crippen molar-refractivity contribution in [1.29, 1.82) is 0 Å². The highest BCUT2D eigenvalue weighted by Gasteiger charge is 2.56. The van der Waals surface area contributed by atoms with Crippen LogP contribution in [0.3, 0.4) is 0 Å². The Morgan fingerprint density at radius 1 is 1.23 bits per heavy atom. The Balaban J connectivity index is 1.07. The molecule has 8 heteroatoms. The van der Waals surface area contributed by atoms with Gasteiger partial charge in [-0.2, -0.15) is 0 Å². The molecule has 2 N–H and O–H groups in total. The molecule has 6 atom stereocenters. The summed E-state index contributed by atoms with van der Waals surface area (Å²) in [5.41, 5.74) is 1.04. The van der Waals surface area contributed by atoms with E-state index in [0.717, 1.165) is 49.6 Å². The van der Waals surface area contributed by atoms with Crippen molar-refractivity contribution in [3.63, 3.8) is 0 Å². The van der Waals surface area contributed by atoms with Gasteiger partial charge in [0.15, 0.2) is 0 Å². The van der Waals surface area contributed by atoms with E-state index >= 15 is 0 Å². The van der Waals surface area contributed by atoms with Gasteiger partial charge < -0.3 is 20.1 Å². The number of amides is 1. The Morgan fingerprint density at radius 2 is 2.03 bits per heavy atom. The topological polar surface area (TPSA) is 87.6 Å². The van der Waals surface area contributed by atoms with Crippen LogP contribution in [0.1, 0.15) is 38.5 Å². The number of ether oxygens (including phenoxy) is 1. The second-order valence-electron chi connectivity index (χ2n) is 10.0. The number of rotatable bonds is 3. The van der Waals surface area contributed by atoms with Gasteiger partial charge in [0.25, 0.3) is 0 Å². The molecule has 4 unspecified atom stereocenters. The van der Waals surface area contributed by atoms with E-state index in [1.54, 1.807) is 23.2 Å². The quantitative estimate of drug-likeness (QED) is 0.750. The summed E-state index contributed by atoms with van der Waals surface area (Å²) < 4.78 is 6.03. The van der Waals surface area contributed by atoms with Crippen LogP contribution in [0.25, 0.3) is 11.0 Å². The number of hydrogen-bond acceptors (Lipinski definition) is 6. The van der Waals surface area contributed by atoms with Crippen LogP contribution in [0.15, 0.2) is 24.4 Å². The molecule has 2 heterocycles. The number of fused-ring (bicyclic) bond motifs is 1. The maximum absolute atomic E-state index is 12.9. The molecular weight excluding hydrogens is 416 g/mol. The summed E-state index contributed by atoms with van der Waals surface area (Å²) in [5, 5.41) is 14.8. The number of nitrogens with one attached hydrogen (secondary N) is 1. The highest BCUT2D eigenvalue weighted by atomic mass is 35.5. The Morgan fingerprint density at radius 3 is 2.81 bits per heavy atom. The number of hydrogen-bond donors (Lipinski definition) is 2. The van der Waals surface area contributed by atoms with Gasteiger partial charge >= 0.3 is 6.09 Å². The Kier molecular flexibility index (Phi) is 4.54. The van der Waals surface area contributed by atoms with Crippen LogP contribution < -0.4 is 5.32 Å². The lowest BCUT2D eigenvalue weighted by atomic mass is 9.53. The van der Waals surface area contributed by atoms with Crippen molar-refractivity contribution in [3.8, 4) is 0 Å². The molecule has 4 bridgehead atoms. The van der Waals surface area contributed by atoms with Gasteiger partial charge in [0, 0.05) is 24.2 Å². The standard InChI is InChI=1S/C23H27ClN4O3/c24-16-1-2-18-19(7-16)25-11-20(27-18)26-17-3-4-28(12-17)22(29)31-21-14-5-13-6-15(21)10-23(30,8-13)9-14/h1-2,7,11,13-15,17,21,30H,3-6,8-10,12H2,(H,26,27)/t13?,14-,15?,17+,21?,23?/m0/s1. The zero-order chi connectivity index (χ0) is 21.2. The average Bonchev–Trinajstić information content (AvgIpc) is 3.18. The third kappa shape index (κ3) is 3.61. The van der Waals surface area contributed by atoms with Crippen LogP contribution in [-0.2, 0) is 4.74 Å². The smallest absolute Gasteiger partial charge is 0.410 e. The summed E-state index contributed by atoms with van der Waals surface area (Å²) in [6, 6.07) is 5.57. The minimum Gasteiger partial charge on any atom is -0.446 e. The summed E-state index contributed by atoms with van der Waals surface area (Å²) in [7, 11) is 0. The molecular formula is C23H27ClN4O3. The highest BCUT2D eigenvalue weighted by Crippen LogP contribution is 2.56. The van der Waals surface area contributed by atoms with Crippen molar-refractivity contribution in [2.45, 2.75) is 56.3 Å². The van der Waals surface area contributed by atoms with Crippen LogP contribution in [0.5, 0.6) is 0 Å². The Bertz CT molecular complexity index is 1020. The molecule has 4 aliphatic carbocycles. The number of carbonyl (C=O) groups excluding carboxylic acids is 1. The number of likely N-dealkylation sites (tertiary alicyclic amines) is 1. The molecule has 164 valence electrons. The van der Waals surface area contributed by atoms with Crippen LogP contribution in [0.2, 0.25) is 5.02 Å². The number of carbonyl (C=O) groups is 1. The number of benzene rings is 1. The molecule has 0 spiro atoms. The van der Waals surface area contributed by atoms with Gasteiger partial charge in [0.1, 0.15) is 11.9 Å². The zero-order valence-corrected chi connectivity index (χ0v) is 18.1. The fourth-order valence-corrected chi connectivity index (χ4v) is 6.79. The fourth-order valence-electron chi connectivity index (χ4n) is 6.62. The first-order chi connectivity index (χ1) is 14.9. The number of aromatic nitrogens is 2. The minimum atomic E-state index is -0.506. The maximum Gasteiger partial charge on any atom is 0.410 e. The van der Waals surface area contributed by atoms with Gasteiger partial charge in [-0.05, 0) is 74.5 Å². The van der Waals surface area contributed by atoms with Gasteiger partial charge in [0.2, 0.25) is 0 Å². The number of nitrogens with zero attached hydrogens (tertiary/aromatic N) is 3. The maximum atomic E-state index is 12.9. The van der Waals surface area contributed by atoms with Gasteiger partial charge in [-0.25, -0.2) is 9.78 Å². The zero-order valence-electron chi connectivity index (χ0n) is 17.3. The van der Waals surface area contributed by atoms with E-state index in [0.29, 0.717) is 41.7 Å². The van der Waals surface area contributed by atoms with Crippen molar-refractivity contribution < 1.29 is 14.6 Å². The van der Waals surface area contributed by atoms with Gasteiger partial charge in [0.05, 0.1) is 22.8 Å². The SMILES string of the molecule is O=C(OC1C2CC3C[C@H]1CC(O)(C3)C2)N1CC[C@@H](Nc2cnc3cc(Cl)ccc3n2)C1. The van der Waals surface area contributed by atoms with Crippen LogP contribution in [-0.4, -0.2) is 56.9 Å².